The Morgan fingerprint density at radius 1 is 0.889 bits per heavy atom. The van der Waals surface area contributed by atoms with Crippen molar-refractivity contribution in [3.05, 3.63) is 82.4 Å². The third-order valence-electron chi connectivity index (χ3n) is 12.5. The second-order valence-corrected chi connectivity index (χ2v) is 17.3. The number of aryl methyl sites for hydroxylation is 2. The number of hydrogen-bond donors (Lipinski definition) is 4. The Kier molecular flexibility index (Phi) is 18.4. The first-order chi connectivity index (χ1) is 30.4. The minimum atomic E-state index is -1.19. The Bertz CT molecular complexity index is 2130. The van der Waals surface area contributed by atoms with E-state index >= 15 is 0 Å². The molecular weight excluding hydrogens is 797 g/mol. The van der Waals surface area contributed by atoms with Gasteiger partial charge < -0.3 is 36.9 Å². The summed E-state index contributed by atoms with van der Waals surface area (Å²) in [7, 11) is 1.54. The van der Waals surface area contributed by atoms with Crippen LogP contribution in [0, 0.1) is 36.0 Å². The fraction of sp³-hybridized carbons (Fsp3) is 0.520. The summed E-state index contributed by atoms with van der Waals surface area (Å²) < 4.78 is 12.3. The number of hydrogen-bond acceptors (Lipinski definition) is 11. The molecule has 1 fully saturated rings. The number of carbonyl (C=O) groups excluding carboxylic acids is 5. The van der Waals surface area contributed by atoms with E-state index < -0.39 is 41.5 Å². The monoisotopic (exact) mass is 862 g/mol. The van der Waals surface area contributed by atoms with Gasteiger partial charge in [0.1, 0.15) is 30.8 Å². The highest BCUT2D eigenvalue weighted by atomic mass is 16.5. The lowest BCUT2D eigenvalue weighted by Crippen LogP contribution is -2.46. The minimum absolute atomic E-state index is 0.0178. The van der Waals surface area contributed by atoms with Gasteiger partial charge in [0.2, 0.25) is 11.8 Å². The van der Waals surface area contributed by atoms with Crippen molar-refractivity contribution in [1.29, 1.82) is 5.26 Å². The highest BCUT2D eigenvalue weighted by Crippen LogP contribution is 2.41. The SMILES string of the molecule is Cc1cc(CCC2CCCCC2)ccc1C(=O)C[C@@H](CCN)C(=O)N(C)[C@@H]1C(=O)C[C@@H](C)C(=O)N[C@H](C(=O)CCC#N)Cc2ccc(OCCN)c(c2)-c2cc1ccc2OCCN. The van der Waals surface area contributed by atoms with Crippen molar-refractivity contribution in [1.82, 2.24) is 10.2 Å². The minimum Gasteiger partial charge on any atom is -0.492 e. The van der Waals surface area contributed by atoms with Crippen molar-refractivity contribution in [2.75, 3.05) is 39.9 Å². The van der Waals surface area contributed by atoms with Crippen LogP contribution in [-0.4, -0.2) is 80.0 Å². The number of nitrogens with two attached hydrogens (primary N) is 3. The summed E-state index contributed by atoms with van der Waals surface area (Å²) in [5, 5.41) is 12.1. The van der Waals surface area contributed by atoms with Gasteiger partial charge in [0.25, 0.3) is 0 Å². The molecule has 1 aliphatic carbocycles. The molecule has 338 valence electrons. The van der Waals surface area contributed by atoms with Gasteiger partial charge in [-0.15, -0.1) is 0 Å². The smallest absolute Gasteiger partial charge is 0.226 e. The summed E-state index contributed by atoms with van der Waals surface area (Å²) in [6.45, 7) is 4.51. The molecule has 3 aromatic rings. The van der Waals surface area contributed by atoms with Crippen LogP contribution in [0.15, 0.2) is 54.6 Å². The molecule has 63 heavy (non-hydrogen) atoms. The van der Waals surface area contributed by atoms with Crippen LogP contribution >= 0.6 is 0 Å². The van der Waals surface area contributed by atoms with E-state index in [0.717, 1.165) is 24.3 Å². The molecule has 2 aliphatic rings. The normalized spacial score (nSPS) is 18.7. The fourth-order valence-electron chi connectivity index (χ4n) is 9.02. The molecule has 0 saturated heterocycles. The van der Waals surface area contributed by atoms with E-state index in [-0.39, 0.29) is 82.9 Å². The van der Waals surface area contributed by atoms with E-state index in [1.807, 2.05) is 31.2 Å². The number of amides is 2. The van der Waals surface area contributed by atoms with E-state index in [1.54, 1.807) is 37.3 Å². The number of benzene rings is 3. The molecule has 0 unspecified atom stereocenters. The lowest BCUT2D eigenvalue weighted by molar-refractivity contribution is -0.142. The lowest BCUT2D eigenvalue weighted by atomic mass is 9.85. The average Bonchev–Trinajstić information content (AvgIpc) is 3.28. The Morgan fingerprint density at radius 2 is 1.57 bits per heavy atom. The molecule has 4 atom stereocenters. The van der Waals surface area contributed by atoms with Gasteiger partial charge >= 0.3 is 0 Å². The maximum Gasteiger partial charge on any atom is 0.226 e. The first-order valence-corrected chi connectivity index (χ1v) is 22.6. The Balaban J connectivity index is 1.53. The number of likely N-dealkylation sites (N-methyl/N-ethyl adjacent to an activating group) is 1. The van der Waals surface area contributed by atoms with Gasteiger partial charge in [0.15, 0.2) is 17.3 Å². The van der Waals surface area contributed by atoms with Gasteiger partial charge in [-0.25, -0.2) is 0 Å². The Morgan fingerprint density at radius 3 is 2.22 bits per heavy atom. The Hall–Kier alpha value is -5.42. The molecule has 1 saturated carbocycles. The topological polar surface area (TPSA) is 221 Å². The number of nitrogens with one attached hydrogen (secondary N) is 1. The summed E-state index contributed by atoms with van der Waals surface area (Å²) in [6, 6.07) is 16.4. The molecule has 0 radical (unpaired) electrons. The quantitative estimate of drug-likeness (QED) is 0.101. The van der Waals surface area contributed by atoms with Gasteiger partial charge in [-0.2, -0.15) is 5.26 Å². The predicted octanol–water partition coefficient (Wildman–Crippen LogP) is 6.10. The summed E-state index contributed by atoms with van der Waals surface area (Å²) in [5.41, 5.74) is 22.7. The number of ether oxygens (including phenoxy) is 2. The highest BCUT2D eigenvalue weighted by molar-refractivity contribution is 6.01. The van der Waals surface area contributed by atoms with Crippen LogP contribution in [0.3, 0.4) is 0 Å². The van der Waals surface area contributed by atoms with Crippen LogP contribution in [0.1, 0.15) is 116 Å². The van der Waals surface area contributed by atoms with Gasteiger partial charge in [-0.1, -0.05) is 69.4 Å². The van der Waals surface area contributed by atoms with Gasteiger partial charge in [-0.3, -0.25) is 24.0 Å². The van der Waals surface area contributed by atoms with Gasteiger partial charge in [0, 0.05) is 74.3 Å². The summed E-state index contributed by atoms with van der Waals surface area (Å²) in [6.07, 6.45) is 8.46. The third-order valence-corrected chi connectivity index (χ3v) is 12.5. The van der Waals surface area contributed by atoms with Crippen LogP contribution in [0.2, 0.25) is 0 Å². The zero-order valence-corrected chi connectivity index (χ0v) is 37.3. The predicted molar refractivity (Wildman–Crippen MR) is 243 cm³/mol. The van der Waals surface area contributed by atoms with Gasteiger partial charge in [-0.05, 0) is 91.6 Å². The number of fused-ring (bicyclic) bond motifs is 5. The number of nitriles is 1. The van der Waals surface area contributed by atoms with E-state index in [9.17, 15) is 29.2 Å². The van der Waals surface area contributed by atoms with Crippen LogP contribution in [-0.2, 0) is 32.0 Å². The number of Topliss-reactive ketones (excluding diaryl/α,β-unsaturated/α-hetero) is 3. The third kappa shape index (κ3) is 13.1. The standard InChI is InChI=1S/C50H66N6O7/c1-32-26-35(12-11-34-8-5-4-6-9-34)13-16-39(32)44(58)31-38(19-21-52)50(61)56(3)48-37-15-18-47(63-25-23-54)41(30-37)40-28-36(14-17-46(40)62-24-22-53)29-42(43(57)10-7-20-51)55-49(60)33(2)27-45(48)59/h13-18,26,28,30,33-34,38,42,48H,4-12,19,21-25,27,29,31,52-54H2,1-3H3,(H,55,60)/t33-,38-,42+,48+/m1/s1. The summed E-state index contributed by atoms with van der Waals surface area (Å²) in [4.78, 5) is 72.0. The highest BCUT2D eigenvalue weighted by Gasteiger charge is 2.36. The molecule has 13 heteroatoms. The zero-order chi connectivity index (χ0) is 45.5. The van der Waals surface area contributed by atoms with Crippen LogP contribution < -0.4 is 32.0 Å². The molecule has 1 aliphatic heterocycles. The van der Waals surface area contributed by atoms with E-state index in [0.29, 0.717) is 39.3 Å². The first kappa shape index (κ1) is 48.6. The molecule has 0 aromatic heterocycles. The summed E-state index contributed by atoms with van der Waals surface area (Å²) >= 11 is 0. The maximum atomic E-state index is 14.7. The molecule has 3 aromatic carbocycles. The number of ketones is 3. The molecule has 2 amide bonds. The van der Waals surface area contributed by atoms with Crippen LogP contribution in [0.4, 0.5) is 0 Å². The molecule has 13 nitrogen and oxygen atoms in total. The first-order valence-electron chi connectivity index (χ1n) is 22.6. The van der Waals surface area contributed by atoms with Crippen molar-refractivity contribution in [2.45, 2.75) is 109 Å². The average molecular weight is 863 g/mol. The van der Waals surface area contributed by atoms with Crippen molar-refractivity contribution < 1.29 is 33.4 Å². The molecule has 1 heterocycles. The molecule has 4 bridgehead atoms. The largest absolute Gasteiger partial charge is 0.492 e. The van der Waals surface area contributed by atoms with Crippen molar-refractivity contribution in [3.8, 4) is 28.7 Å². The van der Waals surface area contributed by atoms with Crippen LogP contribution in [0.5, 0.6) is 11.5 Å². The number of nitrogens with zero attached hydrogens (tertiary/aromatic N) is 2. The van der Waals surface area contributed by atoms with Crippen molar-refractivity contribution >= 4 is 29.2 Å². The molecule has 7 N–H and O–H groups in total. The molecular formula is C50H66N6O7. The van der Waals surface area contributed by atoms with Crippen molar-refractivity contribution in [3.63, 3.8) is 0 Å². The van der Waals surface area contributed by atoms with E-state index in [1.165, 1.54) is 49.6 Å². The Labute approximate surface area is 372 Å². The van der Waals surface area contributed by atoms with E-state index in [4.69, 9.17) is 26.7 Å². The maximum absolute atomic E-state index is 14.7. The second-order valence-electron chi connectivity index (χ2n) is 17.3. The summed E-state index contributed by atoms with van der Waals surface area (Å²) in [5.74, 6) is -1.95. The lowest BCUT2D eigenvalue weighted by Gasteiger charge is -2.32. The molecule has 0 spiro atoms. The fourth-order valence-corrected chi connectivity index (χ4v) is 9.02. The van der Waals surface area contributed by atoms with Gasteiger partial charge in [0.05, 0.1) is 12.1 Å². The van der Waals surface area contributed by atoms with Crippen LogP contribution in [0.25, 0.3) is 11.1 Å². The number of carbonyl (C=O) groups is 5. The van der Waals surface area contributed by atoms with Crippen molar-refractivity contribution in [2.24, 2.45) is 35.0 Å². The zero-order valence-electron chi connectivity index (χ0n) is 37.3. The molecule has 5 rings (SSSR count). The number of rotatable bonds is 19. The van der Waals surface area contributed by atoms with E-state index in [2.05, 4.69) is 11.4 Å². The second kappa shape index (κ2) is 23.9.